The highest BCUT2D eigenvalue weighted by molar-refractivity contribution is 4.72. The standard InChI is InChI=1S/C9H21NO2/c1-7(5-6-11)10-8(2)9(3)12-4/h7-11H,5-6H2,1-4H3/t7-,8?,9?/m1/s1. The number of methoxy groups -OCH3 is 1. The van der Waals surface area contributed by atoms with Crippen molar-refractivity contribution in [2.24, 2.45) is 0 Å². The van der Waals surface area contributed by atoms with Crippen molar-refractivity contribution in [1.29, 1.82) is 0 Å². The van der Waals surface area contributed by atoms with Crippen LogP contribution in [0, 0.1) is 0 Å². The van der Waals surface area contributed by atoms with Crippen molar-refractivity contribution in [2.75, 3.05) is 13.7 Å². The quantitative estimate of drug-likeness (QED) is 0.626. The van der Waals surface area contributed by atoms with Crippen LogP contribution in [0.25, 0.3) is 0 Å². The van der Waals surface area contributed by atoms with E-state index < -0.39 is 0 Å². The predicted molar refractivity (Wildman–Crippen MR) is 50.2 cm³/mol. The largest absolute Gasteiger partial charge is 0.396 e. The summed E-state index contributed by atoms with van der Waals surface area (Å²) in [5.74, 6) is 0. The third-order valence-electron chi connectivity index (χ3n) is 2.19. The van der Waals surface area contributed by atoms with Gasteiger partial charge in [0.1, 0.15) is 0 Å². The molecule has 0 rings (SSSR count). The van der Waals surface area contributed by atoms with Gasteiger partial charge in [-0.1, -0.05) is 0 Å². The Balaban J connectivity index is 3.59. The van der Waals surface area contributed by atoms with E-state index in [2.05, 4.69) is 19.2 Å². The maximum atomic E-state index is 8.67. The molecular formula is C9H21NO2. The summed E-state index contributed by atoms with van der Waals surface area (Å²) < 4.78 is 5.17. The lowest BCUT2D eigenvalue weighted by Gasteiger charge is -2.23. The van der Waals surface area contributed by atoms with Crippen LogP contribution in [0.3, 0.4) is 0 Å². The molecule has 0 aromatic carbocycles. The van der Waals surface area contributed by atoms with Gasteiger partial charge in [0.15, 0.2) is 0 Å². The van der Waals surface area contributed by atoms with Crippen molar-refractivity contribution in [3.8, 4) is 0 Å². The minimum atomic E-state index is 0.214. The number of hydrogen-bond donors (Lipinski definition) is 2. The SMILES string of the molecule is COC(C)C(C)N[C@H](C)CCO. The molecule has 0 bridgehead atoms. The zero-order valence-electron chi connectivity index (χ0n) is 8.50. The van der Waals surface area contributed by atoms with E-state index in [0.29, 0.717) is 12.1 Å². The van der Waals surface area contributed by atoms with Gasteiger partial charge in [-0.3, -0.25) is 0 Å². The lowest BCUT2D eigenvalue weighted by Crippen LogP contribution is -2.42. The van der Waals surface area contributed by atoms with E-state index in [1.807, 2.05) is 6.92 Å². The Kier molecular flexibility index (Phi) is 6.34. The van der Waals surface area contributed by atoms with Gasteiger partial charge >= 0.3 is 0 Å². The second kappa shape index (κ2) is 6.40. The summed E-state index contributed by atoms with van der Waals surface area (Å²) in [6, 6.07) is 0.680. The van der Waals surface area contributed by atoms with Crippen molar-refractivity contribution in [3.05, 3.63) is 0 Å². The van der Waals surface area contributed by atoms with E-state index >= 15 is 0 Å². The van der Waals surface area contributed by atoms with Gasteiger partial charge in [-0.2, -0.15) is 0 Å². The van der Waals surface area contributed by atoms with Gasteiger partial charge in [-0.05, 0) is 27.2 Å². The fourth-order valence-electron chi connectivity index (χ4n) is 1.07. The van der Waals surface area contributed by atoms with Crippen LogP contribution in [0.5, 0.6) is 0 Å². The highest BCUT2D eigenvalue weighted by Crippen LogP contribution is 1.99. The summed E-state index contributed by atoms with van der Waals surface area (Å²) in [5, 5.41) is 12.0. The van der Waals surface area contributed by atoms with Gasteiger partial charge in [0.25, 0.3) is 0 Å². The van der Waals surface area contributed by atoms with Gasteiger partial charge in [-0.15, -0.1) is 0 Å². The molecule has 74 valence electrons. The topological polar surface area (TPSA) is 41.5 Å². The number of nitrogens with one attached hydrogen (secondary N) is 1. The Morgan fingerprint density at radius 3 is 2.33 bits per heavy atom. The van der Waals surface area contributed by atoms with Crippen LogP contribution in [0.1, 0.15) is 27.2 Å². The second-order valence-corrected chi connectivity index (χ2v) is 3.31. The van der Waals surface area contributed by atoms with E-state index in [1.165, 1.54) is 0 Å². The molecule has 3 nitrogen and oxygen atoms in total. The normalized spacial score (nSPS) is 18.8. The molecule has 0 saturated carbocycles. The van der Waals surface area contributed by atoms with Crippen molar-refractivity contribution in [1.82, 2.24) is 5.32 Å². The van der Waals surface area contributed by atoms with Crippen molar-refractivity contribution >= 4 is 0 Å². The molecule has 0 spiro atoms. The van der Waals surface area contributed by atoms with Crippen LogP contribution in [0.4, 0.5) is 0 Å². The Labute approximate surface area is 75.1 Å². The molecule has 0 aliphatic carbocycles. The average Bonchev–Trinajstić information content (AvgIpc) is 2.03. The van der Waals surface area contributed by atoms with Crippen molar-refractivity contribution in [2.45, 2.75) is 45.4 Å². The minimum absolute atomic E-state index is 0.214. The highest BCUT2D eigenvalue weighted by atomic mass is 16.5. The number of aliphatic hydroxyl groups excluding tert-OH is 1. The third-order valence-corrected chi connectivity index (χ3v) is 2.19. The molecule has 0 aromatic heterocycles. The molecule has 0 heterocycles. The Hall–Kier alpha value is -0.120. The van der Waals surface area contributed by atoms with E-state index in [0.717, 1.165) is 6.42 Å². The molecule has 0 aromatic rings. The van der Waals surface area contributed by atoms with Crippen LogP contribution >= 0.6 is 0 Å². The van der Waals surface area contributed by atoms with Crippen LogP contribution in [0.2, 0.25) is 0 Å². The number of hydrogen-bond acceptors (Lipinski definition) is 3. The summed E-state index contributed by atoms with van der Waals surface area (Å²) in [4.78, 5) is 0. The van der Waals surface area contributed by atoms with Crippen LogP contribution in [0.15, 0.2) is 0 Å². The van der Waals surface area contributed by atoms with Crippen LogP contribution in [-0.4, -0.2) is 37.0 Å². The molecule has 2 N–H and O–H groups in total. The van der Waals surface area contributed by atoms with Gasteiger partial charge in [0.05, 0.1) is 6.10 Å². The first-order valence-corrected chi connectivity index (χ1v) is 4.51. The molecule has 0 amide bonds. The molecule has 3 atom stereocenters. The molecule has 0 fully saturated rings. The lowest BCUT2D eigenvalue weighted by atomic mass is 10.1. The number of aliphatic hydroxyl groups is 1. The van der Waals surface area contributed by atoms with Gasteiger partial charge in [0.2, 0.25) is 0 Å². The van der Waals surface area contributed by atoms with Crippen LogP contribution in [-0.2, 0) is 4.74 Å². The fraction of sp³-hybridized carbons (Fsp3) is 1.00. The molecule has 0 aliphatic heterocycles. The number of ether oxygens (including phenoxy) is 1. The van der Waals surface area contributed by atoms with E-state index in [-0.39, 0.29) is 12.7 Å². The van der Waals surface area contributed by atoms with E-state index in [9.17, 15) is 0 Å². The third kappa shape index (κ3) is 4.70. The predicted octanol–water partition coefficient (Wildman–Crippen LogP) is 0.770. The van der Waals surface area contributed by atoms with Crippen LogP contribution < -0.4 is 5.32 Å². The molecule has 12 heavy (non-hydrogen) atoms. The maximum absolute atomic E-state index is 8.67. The molecule has 2 unspecified atom stereocenters. The zero-order chi connectivity index (χ0) is 9.56. The molecular weight excluding hydrogens is 154 g/mol. The summed E-state index contributed by atoms with van der Waals surface area (Å²) in [6.07, 6.45) is 1.01. The molecule has 0 saturated heterocycles. The molecule has 0 radical (unpaired) electrons. The maximum Gasteiger partial charge on any atom is 0.0693 e. The Bertz CT molecular complexity index is 109. The van der Waals surface area contributed by atoms with Gasteiger partial charge in [-0.25, -0.2) is 0 Å². The lowest BCUT2D eigenvalue weighted by molar-refractivity contribution is 0.0836. The van der Waals surface area contributed by atoms with Gasteiger partial charge < -0.3 is 15.2 Å². The first-order valence-electron chi connectivity index (χ1n) is 4.51. The second-order valence-electron chi connectivity index (χ2n) is 3.31. The number of rotatable bonds is 6. The monoisotopic (exact) mass is 175 g/mol. The summed E-state index contributed by atoms with van der Waals surface area (Å²) >= 11 is 0. The minimum Gasteiger partial charge on any atom is -0.396 e. The first kappa shape index (κ1) is 11.9. The molecule has 3 heteroatoms. The Morgan fingerprint density at radius 2 is 1.92 bits per heavy atom. The van der Waals surface area contributed by atoms with Gasteiger partial charge in [0, 0.05) is 25.8 Å². The fourth-order valence-corrected chi connectivity index (χ4v) is 1.07. The molecule has 0 aliphatic rings. The van der Waals surface area contributed by atoms with E-state index in [4.69, 9.17) is 9.84 Å². The Morgan fingerprint density at radius 1 is 1.33 bits per heavy atom. The summed E-state index contributed by atoms with van der Waals surface area (Å²) in [7, 11) is 1.71. The smallest absolute Gasteiger partial charge is 0.0693 e. The summed E-state index contributed by atoms with van der Waals surface area (Å²) in [6.45, 7) is 6.42. The van der Waals surface area contributed by atoms with Crippen molar-refractivity contribution < 1.29 is 9.84 Å². The average molecular weight is 175 g/mol. The first-order chi connectivity index (χ1) is 5.61. The van der Waals surface area contributed by atoms with E-state index in [1.54, 1.807) is 7.11 Å². The zero-order valence-corrected chi connectivity index (χ0v) is 8.50. The highest BCUT2D eigenvalue weighted by Gasteiger charge is 2.12. The summed E-state index contributed by atoms with van der Waals surface area (Å²) in [5.41, 5.74) is 0. The van der Waals surface area contributed by atoms with Crippen molar-refractivity contribution in [3.63, 3.8) is 0 Å².